The fourth-order valence-electron chi connectivity index (χ4n) is 3.79. The van der Waals surface area contributed by atoms with Crippen molar-refractivity contribution >= 4 is 52.4 Å². The quantitative estimate of drug-likeness (QED) is 0.357. The first kappa shape index (κ1) is 24.3. The molecule has 34 heavy (non-hydrogen) atoms. The zero-order valence-corrected chi connectivity index (χ0v) is 21.3. The molecule has 176 valence electrons. The van der Waals surface area contributed by atoms with Gasteiger partial charge in [-0.2, -0.15) is 0 Å². The standard InChI is InChI=1S/C26H27ClN4O2S/c1-26(2,3)17-7-6-8-18(13-17)29-23(32)15-9-10-21(27)19(11-15)20-12-16-14-28-25(34-5)30-22(16)31(4)24(20)33/h6-14,24,33H,1-5H3,(H,29,32). The molecule has 0 radical (unpaired) electrons. The molecule has 4 rings (SSSR count). The van der Waals surface area contributed by atoms with E-state index in [1.165, 1.54) is 11.8 Å². The van der Waals surface area contributed by atoms with Crippen LogP contribution in [0.4, 0.5) is 11.5 Å². The Hall–Kier alpha value is -2.87. The maximum absolute atomic E-state index is 13.1. The normalized spacial score (nSPS) is 15.6. The van der Waals surface area contributed by atoms with Gasteiger partial charge in [-0.15, -0.1) is 0 Å². The molecule has 0 bridgehead atoms. The summed E-state index contributed by atoms with van der Waals surface area (Å²) in [5.74, 6) is 0.385. The number of carbonyl (C=O) groups excluding carboxylic acids is 1. The number of aliphatic hydroxyl groups is 1. The molecular weight excluding hydrogens is 468 g/mol. The van der Waals surface area contributed by atoms with E-state index in [0.717, 1.165) is 16.8 Å². The highest BCUT2D eigenvalue weighted by molar-refractivity contribution is 7.98. The summed E-state index contributed by atoms with van der Waals surface area (Å²) in [6.45, 7) is 6.39. The van der Waals surface area contributed by atoms with Gasteiger partial charge < -0.3 is 15.3 Å². The van der Waals surface area contributed by atoms with Crippen molar-refractivity contribution in [3.8, 4) is 0 Å². The first-order valence-electron chi connectivity index (χ1n) is 10.8. The number of likely N-dealkylation sites (N-methyl/N-ethyl adjacent to an activating group) is 1. The molecule has 0 saturated carbocycles. The number of aromatic nitrogens is 2. The SMILES string of the molecule is CSc1ncc2c(n1)N(C)C(O)C(c1cc(C(=O)Nc3cccc(C(C)(C)C)c3)ccc1Cl)=C2. The number of hydrogen-bond donors (Lipinski definition) is 2. The Morgan fingerprint density at radius 2 is 1.97 bits per heavy atom. The minimum absolute atomic E-state index is 0.0274. The lowest BCUT2D eigenvalue weighted by atomic mass is 9.87. The average molecular weight is 495 g/mol. The fraction of sp³-hybridized carbons (Fsp3) is 0.269. The van der Waals surface area contributed by atoms with E-state index in [0.29, 0.717) is 32.7 Å². The van der Waals surface area contributed by atoms with Crippen LogP contribution in [-0.4, -0.2) is 40.5 Å². The molecule has 1 aliphatic rings. The van der Waals surface area contributed by atoms with E-state index in [2.05, 4.69) is 36.1 Å². The molecule has 1 aromatic heterocycles. The molecule has 3 aromatic rings. The van der Waals surface area contributed by atoms with Gasteiger partial charge in [0, 0.05) is 46.2 Å². The van der Waals surface area contributed by atoms with Gasteiger partial charge in [0.1, 0.15) is 5.82 Å². The maximum Gasteiger partial charge on any atom is 0.255 e. The van der Waals surface area contributed by atoms with Crippen molar-refractivity contribution in [2.24, 2.45) is 0 Å². The van der Waals surface area contributed by atoms with E-state index in [4.69, 9.17) is 11.6 Å². The van der Waals surface area contributed by atoms with Crippen LogP contribution in [0, 0.1) is 0 Å². The first-order valence-corrected chi connectivity index (χ1v) is 12.4. The summed E-state index contributed by atoms with van der Waals surface area (Å²) < 4.78 is 0. The third-order valence-corrected chi connectivity index (χ3v) is 6.66. The molecule has 2 aromatic carbocycles. The smallest absolute Gasteiger partial charge is 0.255 e. The summed E-state index contributed by atoms with van der Waals surface area (Å²) >= 11 is 7.95. The van der Waals surface area contributed by atoms with E-state index in [9.17, 15) is 9.90 Å². The molecule has 1 atom stereocenters. The highest BCUT2D eigenvalue weighted by atomic mass is 35.5. The van der Waals surface area contributed by atoms with Gasteiger partial charge in [0.2, 0.25) is 0 Å². The lowest BCUT2D eigenvalue weighted by molar-refractivity contribution is 0.102. The zero-order valence-electron chi connectivity index (χ0n) is 19.8. The van der Waals surface area contributed by atoms with E-state index < -0.39 is 6.23 Å². The van der Waals surface area contributed by atoms with Crippen molar-refractivity contribution in [3.05, 3.63) is 75.9 Å². The van der Waals surface area contributed by atoms with Crippen LogP contribution in [0.2, 0.25) is 5.02 Å². The topological polar surface area (TPSA) is 78.3 Å². The Morgan fingerprint density at radius 1 is 1.21 bits per heavy atom. The number of carbonyl (C=O) groups is 1. The Kier molecular flexibility index (Phi) is 6.71. The van der Waals surface area contributed by atoms with Crippen LogP contribution in [0.3, 0.4) is 0 Å². The number of thioether (sulfide) groups is 1. The molecule has 2 N–H and O–H groups in total. The number of nitrogens with zero attached hydrogens (tertiary/aromatic N) is 3. The average Bonchev–Trinajstić information content (AvgIpc) is 2.81. The van der Waals surface area contributed by atoms with Gasteiger partial charge in [-0.3, -0.25) is 4.79 Å². The third-order valence-electron chi connectivity index (χ3n) is 5.77. The summed E-state index contributed by atoms with van der Waals surface area (Å²) in [4.78, 5) is 23.6. The van der Waals surface area contributed by atoms with Crippen LogP contribution in [0.1, 0.15) is 47.8 Å². The first-order chi connectivity index (χ1) is 16.1. The number of hydrogen-bond acceptors (Lipinski definition) is 6. The van der Waals surface area contributed by atoms with Crippen LogP contribution in [-0.2, 0) is 5.41 Å². The third kappa shape index (κ3) is 4.82. The summed E-state index contributed by atoms with van der Waals surface area (Å²) in [6, 6.07) is 12.9. The van der Waals surface area contributed by atoms with Gasteiger partial charge in [0.25, 0.3) is 5.91 Å². The Morgan fingerprint density at radius 3 is 2.68 bits per heavy atom. The molecule has 0 aliphatic carbocycles. The van der Waals surface area contributed by atoms with E-state index in [-0.39, 0.29) is 11.3 Å². The van der Waals surface area contributed by atoms with Crippen LogP contribution < -0.4 is 10.2 Å². The van der Waals surface area contributed by atoms with Crippen LogP contribution >= 0.6 is 23.4 Å². The van der Waals surface area contributed by atoms with Crippen molar-refractivity contribution in [1.29, 1.82) is 0 Å². The summed E-state index contributed by atoms with van der Waals surface area (Å²) in [5.41, 5.74) is 4.19. The number of nitrogens with one attached hydrogen (secondary N) is 1. The lowest BCUT2D eigenvalue weighted by Gasteiger charge is -2.32. The fourth-order valence-corrected chi connectivity index (χ4v) is 4.35. The monoisotopic (exact) mass is 494 g/mol. The molecule has 1 amide bonds. The van der Waals surface area contributed by atoms with Crippen molar-refractivity contribution in [2.45, 2.75) is 37.6 Å². The largest absolute Gasteiger partial charge is 0.369 e. The van der Waals surface area contributed by atoms with Crippen LogP contribution in [0.15, 0.2) is 53.8 Å². The van der Waals surface area contributed by atoms with Gasteiger partial charge in [-0.25, -0.2) is 9.97 Å². The number of halogens is 1. The second-order valence-electron chi connectivity index (χ2n) is 9.20. The second kappa shape index (κ2) is 9.41. The van der Waals surface area contributed by atoms with E-state index >= 15 is 0 Å². The molecule has 1 unspecified atom stereocenters. The van der Waals surface area contributed by atoms with E-state index in [1.807, 2.05) is 36.6 Å². The van der Waals surface area contributed by atoms with Crippen molar-refractivity contribution < 1.29 is 9.90 Å². The highest BCUT2D eigenvalue weighted by Gasteiger charge is 2.28. The number of benzene rings is 2. The van der Waals surface area contributed by atoms with Crippen molar-refractivity contribution in [3.63, 3.8) is 0 Å². The molecule has 1 aliphatic heterocycles. The van der Waals surface area contributed by atoms with Crippen LogP contribution in [0.5, 0.6) is 0 Å². The predicted octanol–water partition coefficient (Wildman–Crippen LogP) is 5.71. The van der Waals surface area contributed by atoms with Gasteiger partial charge in [-0.05, 0) is 53.6 Å². The Balaban J connectivity index is 1.67. The number of amides is 1. The minimum Gasteiger partial charge on any atom is -0.369 e. The number of aliphatic hydroxyl groups excluding tert-OH is 1. The van der Waals surface area contributed by atoms with Gasteiger partial charge in [0.05, 0.1) is 0 Å². The molecule has 8 heteroatoms. The Labute approximate surface area is 209 Å². The van der Waals surface area contributed by atoms with Crippen molar-refractivity contribution in [1.82, 2.24) is 9.97 Å². The highest BCUT2D eigenvalue weighted by Crippen LogP contribution is 2.37. The Bertz CT molecular complexity index is 1290. The maximum atomic E-state index is 13.1. The molecular formula is C26H27ClN4O2S. The predicted molar refractivity (Wildman–Crippen MR) is 141 cm³/mol. The van der Waals surface area contributed by atoms with Crippen molar-refractivity contribution in [2.75, 3.05) is 23.5 Å². The molecule has 0 saturated heterocycles. The van der Waals surface area contributed by atoms with Gasteiger partial charge >= 0.3 is 0 Å². The summed E-state index contributed by atoms with van der Waals surface area (Å²) in [6.07, 6.45) is 4.47. The molecule has 0 spiro atoms. The van der Waals surface area contributed by atoms with Crippen LogP contribution in [0.25, 0.3) is 11.6 Å². The summed E-state index contributed by atoms with van der Waals surface area (Å²) in [5, 5.41) is 15.1. The molecule has 2 heterocycles. The summed E-state index contributed by atoms with van der Waals surface area (Å²) in [7, 11) is 1.76. The number of rotatable bonds is 4. The molecule has 6 nitrogen and oxygen atoms in total. The van der Waals surface area contributed by atoms with E-state index in [1.54, 1.807) is 36.3 Å². The number of fused-ring (bicyclic) bond motifs is 1. The van der Waals surface area contributed by atoms with Gasteiger partial charge in [-0.1, -0.05) is 56.3 Å². The zero-order chi connectivity index (χ0) is 24.6. The molecule has 0 fully saturated rings. The number of anilines is 2. The lowest BCUT2D eigenvalue weighted by Crippen LogP contribution is -2.36. The minimum atomic E-state index is -0.976. The van der Waals surface area contributed by atoms with Gasteiger partial charge in [0.15, 0.2) is 11.4 Å². The second-order valence-corrected chi connectivity index (χ2v) is 10.4.